The Balaban J connectivity index is 3.00. The van der Waals surface area contributed by atoms with Gasteiger partial charge in [0, 0.05) is 5.39 Å². The molecule has 0 aliphatic heterocycles. The van der Waals surface area contributed by atoms with E-state index in [1.54, 1.807) is 6.92 Å². The topological polar surface area (TPSA) is 25.8 Å². The molecule has 1 aromatic heterocycles. The molecule has 0 saturated carbocycles. The summed E-state index contributed by atoms with van der Waals surface area (Å²) >= 11 is 12.1. The molecule has 4 heteroatoms. The number of fused-ring (bicyclic) bond motifs is 1. The molecule has 0 radical (unpaired) electrons. The van der Waals surface area contributed by atoms with Crippen molar-refractivity contribution in [3.63, 3.8) is 0 Å². The molecule has 0 saturated heterocycles. The second kappa shape index (κ2) is 3.37. The standard InChI is InChI=1S/C10H8Cl2N2/c1-5-3-4-7(11)9-8(5)10(12)14-6(2)13-9/h3-4H,1-2H3. The van der Waals surface area contributed by atoms with Crippen molar-refractivity contribution in [2.45, 2.75) is 13.8 Å². The summed E-state index contributed by atoms with van der Waals surface area (Å²) in [6.07, 6.45) is 0. The van der Waals surface area contributed by atoms with E-state index in [-0.39, 0.29) is 0 Å². The fraction of sp³-hybridized carbons (Fsp3) is 0.200. The lowest BCUT2D eigenvalue weighted by Crippen LogP contribution is -1.92. The number of halogens is 2. The summed E-state index contributed by atoms with van der Waals surface area (Å²) in [5.74, 6) is 0.634. The van der Waals surface area contributed by atoms with Crippen molar-refractivity contribution in [1.82, 2.24) is 9.97 Å². The highest BCUT2D eigenvalue weighted by atomic mass is 35.5. The molecule has 2 rings (SSSR count). The molecular weight excluding hydrogens is 219 g/mol. The van der Waals surface area contributed by atoms with Crippen LogP contribution in [0.3, 0.4) is 0 Å². The highest BCUT2D eigenvalue weighted by Gasteiger charge is 2.09. The van der Waals surface area contributed by atoms with Gasteiger partial charge >= 0.3 is 0 Å². The summed E-state index contributed by atoms with van der Waals surface area (Å²) in [4.78, 5) is 8.37. The molecule has 0 amide bonds. The zero-order valence-electron chi connectivity index (χ0n) is 7.81. The number of aryl methyl sites for hydroxylation is 2. The number of rotatable bonds is 0. The first-order valence-corrected chi connectivity index (χ1v) is 4.94. The van der Waals surface area contributed by atoms with Crippen LogP contribution in [0.2, 0.25) is 10.2 Å². The van der Waals surface area contributed by atoms with Gasteiger partial charge in [-0.05, 0) is 25.5 Å². The Morgan fingerprint density at radius 2 is 1.79 bits per heavy atom. The molecule has 72 valence electrons. The van der Waals surface area contributed by atoms with E-state index in [1.807, 2.05) is 19.1 Å². The van der Waals surface area contributed by atoms with Gasteiger partial charge in [-0.15, -0.1) is 0 Å². The summed E-state index contributed by atoms with van der Waals surface area (Å²) in [5, 5.41) is 1.91. The van der Waals surface area contributed by atoms with Crippen molar-refractivity contribution < 1.29 is 0 Å². The smallest absolute Gasteiger partial charge is 0.140 e. The molecule has 0 N–H and O–H groups in total. The summed E-state index contributed by atoms with van der Waals surface area (Å²) < 4.78 is 0. The van der Waals surface area contributed by atoms with Crippen LogP contribution in [0.5, 0.6) is 0 Å². The fourth-order valence-electron chi connectivity index (χ4n) is 1.42. The maximum absolute atomic E-state index is 6.03. The van der Waals surface area contributed by atoms with Gasteiger partial charge in [0.15, 0.2) is 0 Å². The minimum atomic E-state index is 0.465. The van der Waals surface area contributed by atoms with Crippen LogP contribution in [0.4, 0.5) is 0 Å². The van der Waals surface area contributed by atoms with Gasteiger partial charge < -0.3 is 0 Å². The van der Waals surface area contributed by atoms with E-state index in [0.29, 0.717) is 16.0 Å². The monoisotopic (exact) mass is 226 g/mol. The SMILES string of the molecule is Cc1nc(Cl)c2c(C)ccc(Cl)c2n1. The van der Waals surface area contributed by atoms with Crippen molar-refractivity contribution in [2.24, 2.45) is 0 Å². The lowest BCUT2D eigenvalue weighted by atomic mass is 10.1. The minimum Gasteiger partial charge on any atom is -0.232 e. The molecule has 14 heavy (non-hydrogen) atoms. The molecule has 2 nitrogen and oxygen atoms in total. The first-order chi connectivity index (χ1) is 6.59. The van der Waals surface area contributed by atoms with E-state index < -0.39 is 0 Å². The third-order valence-electron chi connectivity index (χ3n) is 2.08. The van der Waals surface area contributed by atoms with E-state index in [0.717, 1.165) is 16.5 Å². The highest BCUT2D eigenvalue weighted by Crippen LogP contribution is 2.29. The predicted molar refractivity (Wildman–Crippen MR) is 59.0 cm³/mol. The molecule has 2 aromatic rings. The van der Waals surface area contributed by atoms with Gasteiger partial charge in [-0.2, -0.15) is 0 Å². The molecule has 1 heterocycles. The Morgan fingerprint density at radius 3 is 2.50 bits per heavy atom. The Morgan fingerprint density at radius 1 is 1.07 bits per heavy atom. The lowest BCUT2D eigenvalue weighted by Gasteiger charge is -2.05. The largest absolute Gasteiger partial charge is 0.232 e. The summed E-state index contributed by atoms with van der Waals surface area (Å²) in [7, 11) is 0. The van der Waals surface area contributed by atoms with Crippen LogP contribution in [-0.2, 0) is 0 Å². The number of hydrogen-bond acceptors (Lipinski definition) is 2. The maximum atomic E-state index is 6.03. The number of nitrogens with zero attached hydrogens (tertiary/aromatic N) is 2. The van der Waals surface area contributed by atoms with Crippen LogP contribution in [-0.4, -0.2) is 9.97 Å². The first kappa shape index (κ1) is 9.69. The van der Waals surface area contributed by atoms with Gasteiger partial charge in [-0.1, -0.05) is 29.3 Å². The average Bonchev–Trinajstić information content (AvgIpc) is 2.10. The van der Waals surface area contributed by atoms with E-state index in [9.17, 15) is 0 Å². The van der Waals surface area contributed by atoms with Crippen molar-refractivity contribution >= 4 is 34.1 Å². The van der Waals surface area contributed by atoms with Crippen LogP contribution in [0.25, 0.3) is 10.9 Å². The zero-order valence-corrected chi connectivity index (χ0v) is 9.32. The van der Waals surface area contributed by atoms with Gasteiger partial charge in [-0.3, -0.25) is 0 Å². The van der Waals surface area contributed by atoms with Crippen molar-refractivity contribution in [1.29, 1.82) is 0 Å². The zero-order chi connectivity index (χ0) is 10.3. The third-order valence-corrected chi connectivity index (χ3v) is 2.66. The molecule has 0 aliphatic rings. The van der Waals surface area contributed by atoms with Gasteiger partial charge in [0.05, 0.1) is 10.5 Å². The Bertz CT molecular complexity index is 509. The Kier molecular flexibility index (Phi) is 2.33. The van der Waals surface area contributed by atoms with Gasteiger partial charge in [0.25, 0.3) is 0 Å². The van der Waals surface area contributed by atoms with Crippen LogP contribution in [0.1, 0.15) is 11.4 Å². The maximum Gasteiger partial charge on any atom is 0.140 e. The van der Waals surface area contributed by atoms with Crippen molar-refractivity contribution in [2.75, 3.05) is 0 Å². The molecule has 0 fully saturated rings. The molecule has 0 atom stereocenters. The van der Waals surface area contributed by atoms with Gasteiger partial charge in [0.1, 0.15) is 11.0 Å². The number of aromatic nitrogens is 2. The van der Waals surface area contributed by atoms with Gasteiger partial charge in [0.2, 0.25) is 0 Å². The molecule has 0 bridgehead atoms. The molecule has 0 aliphatic carbocycles. The molecule has 0 unspecified atom stereocenters. The molecule has 1 aromatic carbocycles. The molecular formula is C10H8Cl2N2. The molecule has 0 spiro atoms. The Hall–Kier alpha value is -0.860. The quantitative estimate of drug-likeness (QED) is 0.643. The minimum absolute atomic E-state index is 0.465. The summed E-state index contributed by atoms with van der Waals surface area (Å²) in [6, 6.07) is 3.73. The number of hydrogen-bond donors (Lipinski definition) is 0. The van der Waals surface area contributed by atoms with Crippen LogP contribution >= 0.6 is 23.2 Å². The first-order valence-electron chi connectivity index (χ1n) is 4.18. The van der Waals surface area contributed by atoms with Gasteiger partial charge in [-0.25, -0.2) is 9.97 Å². The summed E-state index contributed by atoms with van der Waals surface area (Å²) in [5.41, 5.74) is 1.76. The normalized spacial score (nSPS) is 10.9. The fourth-order valence-corrected chi connectivity index (χ4v) is 1.98. The third kappa shape index (κ3) is 1.45. The summed E-state index contributed by atoms with van der Waals surface area (Å²) in [6.45, 7) is 3.76. The van der Waals surface area contributed by atoms with Crippen LogP contribution < -0.4 is 0 Å². The van der Waals surface area contributed by atoms with Crippen LogP contribution in [0, 0.1) is 13.8 Å². The average molecular weight is 227 g/mol. The van der Waals surface area contributed by atoms with E-state index in [2.05, 4.69) is 9.97 Å². The van der Waals surface area contributed by atoms with E-state index >= 15 is 0 Å². The van der Waals surface area contributed by atoms with E-state index in [4.69, 9.17) is 23.2 Å². The van der Waals surface area contributed by atoms with Crippen LogP contribution in [0.15, 0.2) is 12.1 Å². The number of benzene rings is 1. The van der Waals surface area contributed by atoms with Crippen molar-refractivity contribution in [3.05, 3.63) is 33.7 Å². The Labute approximate surface area is 91.9 Å². The van der Waals surface area contributed by atoms with E-state index in [1.165, 1.54) is 0 Å². The predicted octanol–water partition coefficient (Wildman–Crippen LogP) is 3.55. The second-order valence-electron chi connectivity index (χ2n) is 3.15. The highest BCUT2D eigenvalue weighted by molar-refractivity contribution is 6.38. The van der Waals surface area contributed by atoms with Crippen molar-refractivity contribution in [3.8, 4) is 0 Å². The lowest BCUT2D eigenvalue weighted by molar-refractivity contribution is 1.09. The second-order valence-corrected chi connectivity index (χ2v) is 3.91.